The summed E-state index contributed by atoms with van der Waals surface area (Å²) in [6.07, 6.45) is 2.24. The molecule has 0 aromatic carbocycles. The normalized spacial score (nSPS) is 10.4. The number of nitrogen functional groups attached to an aromatic ring is 2. The van der Waals surface area contributed by atoms with Crippen molar-refractivity contribution in [1.82, 2.24) is 19.1 Å². The van der Waals surface area contributed by atoms with Gasteiger partial charge in [-0.2, -0.15) is 9.97 Å². The van der Waals surface area contributed by atoms with Crippen LogP contribution < -0.4 is 20.9 Å². The van der Waals surface area contributed by atoms with Crippen molar-refractivity contribution < 1.29 is 19.1 Å². The molecule has 0 saturated heterocycles. The van der Waals surface area contributed by atoms with Crippen LogP contribution >= 0.6 is 0 Å². The minimum absolute atomic E-state index is 0.00915. The molecule has 10 nitrogen and oxygen atoms in total. The molecule has 2 aromatic heterocycles. The van der Waals surface area contributed by atoms with Crippen molar-refractivity contribution in [2.75, 3.05) is 11.5 Å². The van der Waals surface area contributed by atoms with Crippen LogP contribution in [0.3, 0.4) is 0 Å². The predicted octanol–water partition coefficient (Wildman–Crippen LogP) is -0.781. The number of imidazole rings is 2. The van der Waals surface area contributed by atoms with E-state index in [2.05, 4.69) is 9.97 Å². The lowest BCUT2D eigenvalue weighted by Gasteiger charge is -2.00. The number of aryl methyl sites for hydroxylation is 2. The first kappa shape index (κ1) is 14.4. The van der Waals surface area contributed by atoms with Gasteiger partial charge >= 0.3 is 11.9 Å². The number of esters is 2. The zero-order valence-electron chi connectivity index (χ0n) is 11.4. The highest BCUT2D eigenvalue weighted by Crippen LogP contribution is 2.13. The third-order valence-electron chi connectivity index (χ3n) is 2.51. The third-order valence-corrected chi connectivity index (χ3v) is 2.51. The molecule has 2 aromatic rings. The Kier molecular flexibility index (Phi) is 3.78. The standard InChI is InChI=1S/C11H14N6O4/c1-16-4-6(14-10(16)12)20-8(18)3-9(19)21-7-5-17(2)11(13)15-7/h4-5H,3H2,1-2H3,(H2,12,14)(H2,13,15). The Morgan fingerprint density at radius 1 is 1.00 bits per heavy atom. The summed E-state index contributed by atoms with van der Waals surface area (Å²) in [6.45, 7) is 0. The Hall–Kier alpha value is -3.04. The number of carbonyl (C=O) groups excluding carboxylic acids is 2. The quantitative estimate of drug-likeness (QED) is 0.552. The van der Waals surface area contributed by atoms with Crippen LogP contribution in [0.15, 0.2) is 12.4 Å². The van der Waals surface area contributed by atoms with Gasteiger partial charge in [-0.3, -0.25) is 9.59 Å². The lowest BCUT2D eigenvalue weighted by molar-refractivity contribution is -0.144. The summed E-state index contributed by atoms with van der Waals surface area (Å²) in [5, 5.41) is 0. The summed E-state index contributed by atoms with van der Waals surface area (Å²) in [6, 6.07) is 0. The van der Waals surface area contributed by atoms with Crippen molar-refractivity contribution in [2.45, 2.75) is 6.42 Å². The van der Waals surface area contributed by atoms with Gasteiger partial charge in [-0.05, 0) is 0 Å². The first-order valence-electron chi connectivity index (χ1n) is 5.84. The van der Waals surface area contributed by atoms with Gasteiger partial charge in [0.05, 0.1) is 12.4 Å². The number of hydrogen-bond acceptors (Lipinski definition) is 8. The molecular weight excluding hydrogens is 280 g/mol. The van der Waals surface area contributed by atoms with Gasteiger partial charge < -0.3 is 30.1 Å². The molecule has 0 aliphatic carbocycles. The topological polar surface area (TPSA) is 140 Å². The highest BCUT2D eigenvalue weighted by Gasteiger charge is 2.17. The Morgan fingerprint density at radius 2 is 1.38 bits per heavy atom. The Bertz CT molecular complexity index is 592. The van der Waals surface area contributed by atoms with E-state index in [4.69, 9.17) is 20.9 Å². The second kappa shape index (κ2) is 5.53. The first-order chi connectivity index (χ1) is 9.85. The van der Waals surface area contributed by atoms with E-state index in [1.165, 1.54) is 21.5 Å². The van der Waals surface area contributed by atoms with Crippen molar-refractivity contribution in [3.63, 3.8) is 0 Å². The fourth-order valence-electron chi connectivity index (χ4n) is 1.43. The molecule has 0 amide bonds. The fraction of sp³-hybridized carbons (Fsp3) is 0.273. The number of nitrogens with zero attached hydrogens (tertiary/aromatic N) is 4. The van der Waals surface area contributed by atoms with Crippen LogP contribution in [0.1, 0.15) is 6.42 Å². The van der Waals surface area contributed by atoms with Gasteiger partial charge in [0, 0.05) is 14.1 Å². The molecule has 0 atom stereocenters. The first-order valence-corrected chi connectivity index (χ1v) is 5.84. The highest BCUT2D eigenvalue weighted by atomic mass is 16.6. The average molecular weight is 294 g/mol. The SMILES string of the molecule is Cn1cc(OC(=O)CC(=O)Oc2cn(C)c(N)n2)nc1N. The van der Waals surface area contributed by atoms with Gasteiger partial charge in [0.1, 0.15) is 6.42 Å². The van der Waals surface area contributed by atoms with Crippen LogP contribution in [0.2, 0.25) is 0 Å². The second-order valence-corrected chi connectivity index (χ2v) is 4.22. The molecule has 0 unspecified atom stereocenters. The molecule has 2 heterocycles. The zero-order valence-corrected chi connectivity index (χ0v) is 11.4. The number of ether oxygens (including phenoxy) is 2. The summed E-state index contributed by atoms with van der Waals surface area (Å²) in [5.41, 5.74) is 11.0. The van der Waals surface area contributed by atoms with E-state index in [0.717, 1.165) is 0 Å². The molecule has 0 spiro atoms. The van der Waals surface area contributed by atoms with E-state index in [9.17, 15) is 9.59 Å². The van der Waals surface area contributed by atoms with Crippen LogP contribution in [-0.2, 0) is 23.7 Å². The van der Waals surface area contributed by atoms with Crippen molar-refractivity contribution in [3.8, 4) is 11.8 Å². The maximum atomic E-state index is 11.5. The molecule has 0 bridgehead atoms. The summed E-state index contributed by atoms with van der Waals surface area (Å²) in [5.74, 6) is -1.25. The minimum atomic E-state index is -0.818. The van der Waals surface area contributed by atoms with Gasteiger partial charge in [0.2, 0.25) is 23.7 Å². The average Bonchev–Trinajstić information content (AvgIpc) is 2.82. The monoisotopic (exact) mass is 294 g/mol. The summed E-state index contributed by atoms with van der Waals surface area (Å²) in [7, 11) is 3.28. The van der Waals surface area contributed by atoms with E-state index in [1.807, 2.05) is 0 Å². The van der Waals surface area contributed by atoms with Crippen molar-refractivity contribution in [1.29, 1.82) is 0 Å². The summed E-state index contributed by atoms with van der Waals surface area (Å²) < 4.78 is 12.6. The van der Waals surface area contributed by atoms with Crippen LogP contribution in [0.25, 0.3) is 0 Å². The number of nitrogens with two attached hydrogens (primary N) is 2. The zero-order chi connectivity index (χ0) is 15.6. The van der Waals surface area contributed by atoms with E-state index in [-0.39, 0.29) is 23.7 Å². The molecule has 0 aliphatic heterocycles. The maximum Gasteiger partial charge on any atom is 0.323 e. The molecule has 2 rings (SSSR count). The number of hydrogen-bond donors (Lipinski definition) is 2. The van der Waals surface area contributed by atoms with Crippen molar-refractivity contribution in [3.05, 3.63) is 12.4 Å². The van der Waals surface area contributed by atoms with Crippen LogP contribution in [0, 0.1) is 0 Å². The Labute approximate surface area is 119 Å². The van der Waals surface area contributed by atoms with Crippen LogP contribution in [0.4, 0.5) is 11.9 Å². The van der Waals surface area contributed by atoms with E-state index in [1.54, 1.807) is 14.1 Å². The molecule has 112 valence electrons. The molecule has 0 fully saturated rings. The number of rotatable bonds is 4. The minimum Gasteiger partial charge on any atom is -0.405 e. The van der Waals surface area contributed by atoms with Crippen molar-refractivity contribution in [2.24, 2.45) is 14.1 Å². The number of anilines is 2. The van der Waals surface area contributed by atoms with Gasteiger partial charge in [0.25, 0.3) is 0 Å². The Balaban J connectivity index is 1.88. The van der Waals surface area contributed by atoms with Crippen LogP contribution in [0.5, 0.6) is 11.8 Å². The van der Waals surface area contributed by atoms with Crippen LogP contribution in [-0.4, -0.2) is 31.0 Å². The lowest BCUT2D eigenvalue weighted by atomic mass is 10.4. The predicted molar refractivity (Wildman–Crippen MR) is 71.1 cm³/mol. The third kappa shape index (κ3) is 3.49. The van der Waals surface area contributed by atoms with Crippen molar-refractivity contribution >= 4 is 23.8 Å². The number of aromatic nitrogens is 4. The van der Waals surface area contributed by atoms with Gasteiger partial charge in [-0.15, -0.1) is 0 Å². The molecule has 21 heavy (non-hydrogen) atoms. The lowest BCUT2D eigenvalue weighted by Crippen LogP contribution is -2.18. The fourth-order valence-corrected chi connectivity index (χ4v) is 1.43. The molecule has 0 radical (unpaired) electrons. The second-order valence-electron chi connectivity index (χ2n) is 4.22. The molecule has 4 N–H and O–H groups in total. The molecular formula is C11H14N6O4. The van der Waals surface area contributed by atoms with Gasteiger partial charge in [-0.1, -0.05) is 0 Å². The Morgan fingerprint density at radius 3 is 1.67 bits per heavy atom. The smallest absolute Gasteiger partial charge is 0.323 e. The molecule has 10 heteroatoms. The van der Waals surface area contributed by atoms with Gasteiger partial charge in [0.15, 0.2) is 0 Å². The van der Waals surface area contributed by atoms with E-state index >= 15 is 0 Å². The highest BCUT2D eigenvalue weighted by molar-refractivity contribution is 5.92. The maximum absolute atomic E-state index is 11.5. The molecule has 0 saturated carbocycles. The summed E-state index contributed by atoms with van der Waals surface area (Å²) >= 11 is 0. The number of carbonyl (C=O) groups is 2. The van der Waals surface area contributed by atoms with Gasteiger partial charge in [-0.25, -0.2) is 0 Å². The van der Waals surface area contributed by atoms with E-state index < -0.39 is 18.4 Å². The summed E-state index contributed by atoms with van der Waals surface area (Å²) in [4.78, 5) is 30.6. The molecule has 0 aliphatic rings. The van der Waals surface area contributed by atoms with E-state index in [0.29, 0.717) is 0 Å². The largest absolute Gasteiger partial charge is 0.405 e.